The largest absolute Gasteiger partial charge is 0.345 e. The molecule has 1 aromatic heterocycles. The Balaban J connectivity index is 1.53. The van der Waals surface area contributed by atoms with Gasteiger partial charge in [0.25, 0.3) is 5.91 Å². The molecule has 150 valence electrons. The Morgan fingerprint density at radius 3 is 2.62 bits per heavy atom. The normalized spacial score (nSPS) is 10.6. The van der Waals surface area contributed by atoms with Crippen LogP contribution in [0.4, 0.5) is 5.69 Å². The first-order chi connectivity index (χ1) is 13.9. The summed E-state index contributed by atoms with van der Waals surface area (Å²) in [5.41, 5.74) is 1.76. The molecule has 8 nitrogen and oxygen atoms in total. The third-order valence-electron chi connectivity index (χ3n) is 4.13. The van der Waals surface area contributed by atoms with Gasteiger partial charge in [-0.15, -0.1) is 10.2 Å². The Morgan fingerprint density at radius 2 is 1.90 bits per heavy atom. The molecule has 0 aliphatic rings. The van der Waals surface area contributed by atoms with Crippen LogP contribution in [0.15, 0.2) is 48.5 Å². The first-order valence-corrected chi connectivity index (χ1v) is 9.46. The molecule has 1 N–H and O–H groups in total. The molecule has 2 amide bonds. The van der Waals surface area contributed by atoms with Gasteiger partial charge in [-0.05, 0) is 29.8 Å². The van der Waals surface area contributed by atoms with E-state index in [4.69, 9.17) is 11.6 Å². The number of carbonyl (C=O) groups excluding carboxylic acids is 2. The molecule has 0 aliphatic carbocycles. The molecule has 0 bridgehead atoms. The summed E-state index contributed by atoms with van der Waals surface area (Å²) in [5.74, 6) is 0.158. The van der Waals surface area contributed by atoms with E-state index in [1.807, 2.05) is 30.3 Å². The number of tetrazole rings is 1. The van der Waals surface area contributed by atoms with E-state index >= 15 is 0 Å². The Hall–Kier alpha value is -3.26. The predicted octanol–water partition coefficient (Wildman–Crippen LogP) is 3.11. The lowest BCUT2D eigenvalue weighted by Gasteiger charge is -2.13. The summed E-state index contributed by atoms with van der Waals surface area (Å²) in [6, 6.07) is 14.4. The smallest absolute Gasteiger partial charge is 0.254 e. The second kappa shape index (κ2) is 9.29. The maximum atomic E-state index is 12.2. The molecule has 0 aliphatic heterocycles. The van der Waals surface area contributed by atoms with E-state index in [2.05, 4.69) is 20.7 Å². The van der Waals surface area contributed by atoms with E-state index in [1.54, 1.807) is 32.3 Å². The molecule has 0 fully saturated rings. The van der Waals surface area contributed by atoms with E-state index in [9.17, 15) is 9.59 Å². The van der Waals surface area contributed by atoms with Gasteiger partial charge in [0.1, 0.15) is 0 Å². The number of hydrogen-bond acceptors (Lipinski definition) is 5. The lowest BCUT2D eigenvalue weighted by Crippen LogP contribution is -2.22. The molecule has 0 saturated carbocycles. The van der Waals surface area contributed by atoms with Crippen molar-refractivity contribution in [1.29, 1.82) is 0 Å². The van der Waals surface area contributed by atoms with Crippen LogP contribution in [0.2, 0.25) is 5.02 Å². The standard InChI is InChI=1S/C20H21ClN6O2/c1-26(2)20(29)16-13-15(10-11-17(16)21)22-18(28)9-6-12-27-24-19(23-25-27)14-7-4-3-5-8-14/h3-5,7-8,10-11,13H,6,9,12H2,1-2H3,(H,22,28). The lowest BCUT2D eigenvalue weighted by molar-refractivity contribution is -0.116. The van der Waals surface area contributed by atoms with Crippen LogP contribution in [-0.4, -0.2) is 51.0 Å². The molecular formula is C20H21ClN6O2. The van der Waals surface area contributed by atoms with Crippen molar-refractivity contribution in [2.75, 3.05) is 19.4 Å². The minimum atomic E-state index is -0.224. The fourth-order valence-electron chi connectivity index (χ4n) is 2.65. The van der Waals surface area contributed by atoms with Crippen molar-refractivity contribution in [3.05, 3.63) is 59.1 Å². The minimum absolute atomic E-state index is 0.168. The number of hydrogen-bond donors (Lipinski definition) is 1. The molecule has 9 heteroatoms. The second-order valence-corrected chi connectivity index (χ2v) is 7.03. The van der Waals surface area contributed by atoms with Crippen LogP contribution < -0.4 is 5.32 Å². The fraction of sp³-hybridized carbons (Fsp3) is 0.250. The number of amides is 2. The topological polar surface area (TPSA) is 93.0 Å². The average Bonchev–Trinajstić information content (AvgIpc) is 3.18. The zero-order valence-electron chi connectivity index (χ0n) is 16.2. The Labute approximate surface area is 173 Å². The van der Waals surface area contributed by atoms with Crippen LogP contribution in [0, 0.1) is 0 Å². The molecule has 3 aromatic rings. The minimum Gasteiger partial charge on any atom is -0.345 e. The van der Waals surface area contributed by atoms with E-state index in [0.717, 1.165) is 5.56 Å². The first-order valence-electron chi connectivity index (χ1n) is 9.08. The molecule has 29 heavy (non-hydrogen) atoms. The van der Waals surface area contributed by atoms with Gasteiger partial charge in [-0.3, -0.25) is 9.59 Å². The van der Waals surface area contributed by atoms with Gasteiger partial charge in [-0.25, -0.2) is 0 Å². The molecular weight excluding hydrogens is 392 g/mol. The van der Waals surface area contributed by atoms with Crippen molar-refractivity contribution in [3.63, 3.8) is 0 Å². The number of benzene rings is 2. The molecule has 0 atom stereocenters. The number of nitrogens with zero attached hydrogens (tertiary/aromatic N) is 5. The summed E-state index contributed by atoms with van der Waals surface area (Å²) in [6.07, 6.45) is 0.829. The summed E-state index contributed by atoms with van der Waals surface area (Å²) in [7, 11) is 3.29. The first kappa shape index (κ1) is 20.5. The Kier molecular flexibility index (Phi) is 6.56. The third kappa shape index (κ3) is 5.39. The molecule has 1 heterocycles. The summed E-state index contributed by atoms with van der Waals surface area (Å²) in [6.45, 7) is 0.470. The number of carbonyl (C=O) groups is 2. The molecule has 0 radical (unpaired) electrons. The van der Waals surface area contributed by atoms with Crippen molar-refractivity contribution in [1.82, 2.24) is 25.1 Å². The van der Waals surface area contributed by atoms with Gasteiger partial charge >= 0.3 is 0 Å². The number of halogens is 1. The third-order valence-corrected chi connectivity index (χ3v) is 4.46. The van der Waals surface area contributed by atoms with E-state index in [-0.39, 0.29) is 18.2 Å². The summed E-state index contributed by atoms with van der Waals surface area (Å²) >= 11 is 6.09. The van der Waals surface area contributed by atoms with Gasteiger partial charge in [0.15, 0.2) is 0 Å². The van der Waals surface area contributed by atoms with Gasteiger partial charge in [0, 0.05) is 31.8 Å². The van der Waals surface area contributed by atoms with Crippen LogP contribution in [0.5, 0.6) is 0 Å². The van der Waals surface area contributed by atoms with Gasteiger partial charge in [0.05, 0.1) is 17.1 Å². The maximum Gasteiger partial charge on any atom is 0.254 e. The van der Waals surface area contributed by atoms with Gasteiger partial charge < -0.3 is 10.2 Å². The van der Waals surface area contributed by atoms with Crippen molar-refractivity contribution < 1.29 is 9.59 Å². The van der Waals surface area contributed by atoms with Crippen molar-refractivity contribution >= 4 is 29.1 Å². The van der Waals surface area contributed by atoms with E-state index in [1.165, 1.54) is 9.70 Å². The highest BCUT2D eigenvalue weighted by Gasteiger charge is 2.14. The van der Waals surface area contributed by atoms with Crippen molar-refractivity contribution in [2.24, 2.45) is 0 Å². The number of nitrogens with one attached hydrogen (secondary N) is 1. The summed E-state index contributed by atoms with van der Waals surface area (Å²) in [5, 5.41) is 15.5. The quantitative estimate of drug-likeness (QED) is 0.643. The lowest BCUT2D eigenvalue weighted by atomic mass is 10.1. The monoisotopic (exact) mass is 412 g/mol. The summed E-state index contributed by atoms with van der Waals surface area (Å²) < 4.78 is 0. The number of aromatic nitrogens is 4. The Bertz CT molecular complexity index is 1000. The van der Waals surface area contributed by atoms with Crippen LogP contribution in [-0.2, 0) is 11.3 Å². The number of aryl methyl sites for hydroxylation is 1. The highest BCUT2D eigenvalue weighted by molar-refractivity contribution is 6.34. The number of rotatable bonds is 7. The molecule has 0 unspecified atom stereocenters. The molecule has 0 saturated heterocycles. The second-order valence-electron chi connectivity index (χ2n) is 6.62. The van der Waals surface area contributed by atoms with Gasteiger partial charge in [0.2, 0.25) is 11.7 Å². The van der Waals surface area contributed by atoms with Crippen LogP contribution in [0.25, 0.3) is 11.4 Å². The highest BCUT2D eigenvalue weighted by atomic mass is 35.5. The molecule has 2 aromatic carbocycles. The molecule has 0 spiro atoms. The van der Waals surface area contributed by atoms with Crippen molar-refractivity contribution in [3.8, 4) is 11.4 Å². The predicted molar refractivity (Wildman–Crippen MR) is 111 cm³/mol. The average molecular weight is 413 g/mol. The molecule has 3 rings (SSSR count). The van der Waals surface area contributed by atoms with Crippen LogP contribution in [0.3, 0.4) is 0 Å². The SMILES string of the molecule is CN(C)C(=O)c1cc(NC(=O)CCCn2nnc(-c3ccccc3)n2)ccc1Cl. The Morgan fingerprint density at radius 1 is 1.14 bits per heavy atom. The van der Waals surface area contributed by atoms with E-state index < -0.39 is 0 Å². The maximum absolute atomic E-state index is 12.2. The van der Waals surface area contributed by atoms with Gasteiger partial charge in [-0.2, -0.15) is 4.80 Å². The zero-order valence-corrected chi connectivity index (χ0v) is 16.9. The van der Waals surface area contributed by atoms with Crippen LogP contribution >= 0.6 is 11.6 Å². The fourth-order valence-corrected chi connectivity index (χ4v) is 2.85. The van der Waals surface area contributed by atoms with Crippen molar-refractivity contribution in [2.45, 2.75) is 19.4 Å². The van der Waals surface area contributed by atoms with Crippen LogP contribution in [0.1, 0.15) is 23.2 Å². The van der Waals surface area contributed by atoms with Gasteiger partial charge in [-0.1, -0.05) is 41.9 Å². The number of anilines is 1. The highest BCUT2D eigenvalue weighted by Crippen LogP contribution is 2.22. The zero-order chi connectivity index (χ0) is 20.8. The van der Waals surface area contributed by atoms with E-state index in [0.29, 0.717) is 35.1 Å². The summed E-state index contributed by atoms with van der Waals surface area (Å²) in [4.78, 5) is 27.3.